The molecule has 0 saturated carbocycles. The second-order valence-electron chi connectivity index (χ2n) is 4.22. The summed E-state index contributed by atoms with van der Waals surface area (Å²) in [5.41, 5.74) is 1.09. The largest absolute Gasteiger partial charge is 0.373 e. The van der Waals surface area contributed by atoms with Gasteiger partial charge < -0.3 is 15.0 Å². The van der Waals surface area contributed by atoms with Gasteiger partial charge in [-0.25, -0.2) is 9.97 Å². The first kappa shape index (κ1) is 12.3. The summed E-state index contributed by atoms with van der Waals surface area (Å²) in [6.07, 6.45) is 2.84. The topological polar surface area (TPSA) is 50.3 Å². The second kappa shape index (κ2) is 5.93. The van der Waals surface area contributed by atoms with Crippen LogP contribution in [0.5, 0.6) is 0 Å². The molecule has 1 N–H and O–H groups in total. The molecule has 17 heavy (non-hydrogen) atoms. The van der Waals surface area contributed by atoms with E-state index in [1.165, 1.54) is 0 Å². The van der Waals surface area contributed by atoms with Crippen molar-refractivity contribution in [3.63, 3.8) is 0 Å². The van der Waals surface area contributed by atoms with Gasteiger partial charge in [-0.1, -0.05) is 6.92 Å². The molecule has 1 fully saturated rings. The maximum atomic E-state index is 5.68. The number of nitrogens with zero attached hydrogens (tertiary/aromatic N) is 3. The average Bonchev–Trinajstić information content (AvgIpc) is 2.40. The van der Waals surface area contributed by atoms with Crippen LogP contribution in [0.1, 0.15) is 12.6 Å². The van der Waals surface area contributed by atoms with Crippen LogP contribution < -0.4 is 10.2 Å². The predicted molar refractivity (Wildman–Crippen MR) is 67.3 cm³/mol. The van der Waals surface area contributed by atoms with Crippen LogP contribution in [0.15, 0.2) is 12.4 Å². The van der Waals surface area contributed by atoms with Crippen molar-refractivity contribution >= 4 is 5.82 Å². The molecule has 1 atom stereocenters. The van der Waals surface area contributed by atoms with Crippen molar-refractivity contribution in [1.29, 1.82) is 0 Å². The van der Waals surface area contributed by atoms with Crippen molar-refractivity contribution in [2.75, 3.05) is 38.2 Å². The van der Waals surface area contributed by atoms with E-state index in [2.05, 4.69) is 33.2 Å². The zero-order chi connectivity index (χ0) is 12.1. The van der Waals surface area contributed by atoms with Crippen molar-refractivity contribution in [1.82, 2.24) is 15.3 Å². The molecular weight excluding hydrogens is 216 g/mol. The molecule has 0 aromatic carbocycles. The lowest BCUT2D eigenvalue weighted by molar-refractivity contribution is 0.0419. The standard InChI is InChI=1S/C12H20N4O/c1-3-10-6-12(15-9-14-10)16-4-5-17-11(8-16)7-13-2/h6,9,11,13H,3-5,7-8H2,1-2H3. The summed E-state index contributed by atoms with van der Waals surface area (Å²) in [4.78, 5) is 10.8. The fourth-order valence-electron chi connectivity index (χ4n) is 2.03. The molecule has 2 heterocycles. The molecule has 1 saturated heterocycles. The number of rotatable bonds is 4. The molecular formula is C12H20N4O. The van der Waals surface area contributed by atoms with Crippen molar-refractivity contribution < 1.29 is 4.74 Å². The van der Waals surface area contributed by atoms with Gasteiger partial charge in [-0.15, -0.1) is 0 Å². The molecule has 0 aliphatic carbocycles. The number of ether oxygens (including phenoxy) is 1. The van der Waals surface area contributed by atoms with E-state index in [1.54, 1.807) is 6.33 Å². The molecule has 1 aromatic heterocycles. The molecule has 1 aliphatic rings. The Kier molecular flexibility index (Phi) is 4.28. The minimum atomic E-state index is 0.244. The Labute approximate surface area is 102 Å². The fourth-order valence-corrected chi connectivity index (χ4v) is 2.03. The van der Waals surface area contributed by atoms with Crippen LogP contribution in [0.2, 0.25) is 0 Å². The molecule has 0 amide bonds. The van der Waals surface area contributed by atoms with Gasteiger partial charge in [0.1, 0.15) is 12.1 Å². The monoisotopic (exact) mass is 236 g/mol. The summed E-state index contributed by atoms with van der Waals surface area (Å²) >= 11 is 0. The van der Waals surface area contributed by atoms with E-state index in [1.807, 2.05) is 7.05 Å². The molecule has 0 radical (unpaired) electrons. The first-order valence-corrected chi connectivity index (χ1v) is 6.15. The Hall–Kier alpha value is -1.20. The Morgan fingerprint density at radius 3 is 3.18 bits per heavy atom. The van der Waals surface area contributed by atoms with Crippen LogP contribution >= 0.6 is 0 Å². The summed E-state index contributed by atoms with van der Waals surface area (Å²) in [6.45, 7) is 5.54. The van der Waals surface area contributed by atoms with Crippen molar-refractivity contribution in [2.24, 2.45) is 0 Å². The van der Waals surface area contributed by atoms with Gasteiger partial charge in [0.05, 0.1) is 12.7 Å². The smallest absolute Gasteiger partial charge is 0.132 e. The predicted octanol–water partition coefficient (Wildman–Crippen LogP) is 0.464. The summed E-state index contributed by atoms with van der Waals surface area (Å²) in [7, 11) is 1.95. The minimum Gasteiger partial charge on any atom is -0.373 e. The van der Waals surface area contributed by atoms with Crippen molar-refractivity contribution in [2.45, 2.75) is 19.4 Å². The summed E-state index contributed by atoms with van der Waals surface area (Å²) in [5.74, 6) is 1.02. The third-order valence-electron chi connectivity index (χ3n) is 2.97. The van der Waals surface area contributed by atoms with Crippen molar-refractivity contribution in [3.05, 3.63) is 18.1 Å². The highest BCUT2D eigenvalue weighted by molar-refractivity contribution is 5.39. The normalized spacial score (nSPS) is 20.6. The zero-order valence-corrected chi connectivity index (χ0v) is 10.5. The molecule has 1 aromatic rings. The van der Waals surface area contributed by atoms with E-state index < -0.39 is 0 Å². The van der Waals surface area contributed by atoms with Gasteiger partial charge in [0.25, 0.3) is 0 Å². The van der Waals surface area contributed by atoms with Gasteiger partial charge in [-0.05, 0) is 13.5 Å². The van der Waals surface area contributed by atoms with E-state index in [4.69, 9.17) is 4.74 Å². The zero-order valence-electron chi connectivity index (χ0n) is 10.5. The van der Waals surface area contributed by atoms with Gasteiger partial charge in [0, 0.05) is 31.4 Å². The van der Waals surface area contributed by atoms with Crippen LogP contribution in [-0.2, 0) is 11.2 Å². The highest BCUT2D eigenvalue weighted by Crippen LogP contribution is 2.15. The Morgan fingerprint density at radius 1 is 1.53 bits per heavy atom. The highest BCUT2D eigenvalue weighted by Gasteiger charge is 2.20. The first-order valence-electron chi connectivity index (χ1n) is 6.15. The van der Waals surface area contributed by atoms with E-state index in [0.29, 0.717) is 0 Å². The van der Waals surface area contributed by atoms with E-state index in [-0.39, 0.29) is 6.10 Å². The molecule has 0 bridgehead atoms. The molecule has 0 spiro atoms. The number of hydrogen-bond donors (Lipinski definition) is 1. The molecule has 5 nitrogen and oxygen atoms in total. The van der Waals surface area contributed by atoms with Crippen LogP contribution in [-0.4, -0.2) is 49.4 Å². The molecule has 94 valence electrons. The minimum absolute atomic E-state index is 0.244. The number of anilines is 1. The van der Waals surface area contributed by atoms with Gasteiger partial charge in [0.15, 0.2) is 0 Å². The van der Waals surface area contributed by atoms with Crippen LogP contribution in [0.25, 0.3) is 0 Å². The van der Waals surface area contributed by atoms with Gasteiger partial charge in [-0.2, -0.15) is 0 Å². The first-order chi connectivity index (χ1) is 8.33. The summed E-state index contributed by atoms with van der Waals surface area (Å²) in [5, 5.41) is 3.15. The quantitative estimate of drug-likeness (QED) is 0.823. The Bertz CT molecular complexity index is 356. The molecule has 1 aliphatic heterocycles. The van der Waals surface area contributed by atoms with Crippen LogP contribution in [0.4, 0.5) is 5.82 Å². The van der Waals surface area contributed by atoms with Gasteiger partial charge in [-0.3, -0.25) is 0 Å². The Balaban J connectivity index is 2.05. The fraction of sp³-hybridized carbons (Fsp3) is 0.667. The van der Waals surface area contributed by atoms with E-state index >= 15 is 0 Å². The highest BCUT2D eigenvalue weighted by atomic mass is 16.5. The molecule has 5 heteroatoms. The number of hydrogen-bond acceptors (Lipinski definition) is 5. The second-order valence-corrected chi connectivity index (χ2v) is 4.22. The number of nitrogens with one attached hydrogen (secondary N) is 1. The van der Waals surface area contributed by atoms with Crippen molar-refractivity contribution in [3.8, 4) is 0 Å². The number of aryl methyl sites for hydroxylation is 1. The SMILES string of the molecule is CCc1cc(N2CCOC(CNC)C2)ncn1. The lowest BCUT2D eigenvalue weighted by Gasteiger charge is -2.33. The number of likely N-dealkylation sites (N-methyl/N-ethyl adjacent to an activating group) is 1. The third kappa shape index (κ3) is 3.14. The van der Waals surface area contributed by atoms with E-state index in [0.717, 1.165) is 44.2 Å². The lowest BCUT2D eigenvalue weighted by atomic mass is 10.2. The molecule has 1 unspecified atom stereocenters. The number of morpholine rings is 1. The molecule has 2 rings (SSSR count). The summed E-state index contributed by atoms with van der Waals surface area (Å²) in [6, 6.07) is 2.07. The van der Waals surface area contributed by atoms with Gasteiger partial charge in [0.2, 0.25) is 0 Å². The van der Waals surface area contributed by atoms with Crippen LogP contribution in [0, 0.1) is 0 Å². The Morgan fingerprint density at radius 2 is 2.41 bits per heavy atom. The lowest BCUT2D eigenvalue weighted by Crippen LogP contribution is -2.46. The van der Waals surface area contributed by atoms with Crippen LogP contribution in [0.3, 0.4) is 0 Å². The number of aromatic nitrogens is 2. The maximum Gasteiger partial charge on any atom is 0.132 e. The summed E-state index contributed by atoms with van der Waals surface area (Å²) < 4.78 is 5.68. The maximum absolute atomic E-state index is 5.68. The third-order valence-corrected chi connectivity index (χ3v) is 2.97. The van der Waals surface area contributed by atoms with Gasteiger partial charge >= 0.3 is 0 Å². The van der Waals surface area contributed by atoms with E-state index in [9.17, 15) is 0 Å². The average molecular weight is 236 g/mol.